The molecule has 3 atom stereocenters. The van der Waals surface area contributed by atoms with Gasteiger partial charge in [0.1, 0.15) is 0 Å². The molecular formula is C13H25NO. The largest absolute Gasteiger partial charge is 0.378 e. The molecule has 0 N–H and O–H groups in total. The van der Waals surface area contributed by atoms with Gasteiger partial charge in [-0.1, -0.05) is 13.8 Å². The second-order valence-electron chi connectivity index (χ2n) is 5.67. The molecule has 2 rings (SSSR count). The van der Waals surface area contributed by atoms with Gasteiger partial charge in [0.05, 0.1) is 6.10 Å². The summed E-state index contributed by atoms with van der Waals surface area (Å²) in [7, 11) is 2.28. The topological polar surface area (TPSA) is 12.5 Å². The minimum absolute atomic E-state index is 0.531. The van der Waals surface area contributed by atoms with Crippen molar-refractivity contribution in [2.24, 2.45) is 5.41 Å². The van der Waals surface area contributed by atoms with Gasteiger partial charge in [0.2, 0.25) is 0 Å². The van der Waals surface area contributed by atoms with Gasteiger partial charge >= 0.3 is 0 Å². The Morgan fingerprint density at radius 3 is 2.93 bits per heavy atom. The Morgan fingerprint density at radius 2 is 2.20 bits per heavy atom. The summed E-state index contributed by atoms with van der Waals surface area (Å²) in [6.45, 7) is 6.88. The highest BCUT2D eigenvalue weighted by Gasteiger charge is 2.46. The fourth-order valence-corrected chi connectivity index (χ4v) is 3.34. The van der Waals surface area contributed by atoms with Crippen LogP contribution in [0.2, 0.25) is 0 Å². The molecule has 1 saturated carbocycles. The number of hydrogen-bond donors (Lipinski definition) is 0. The van der Waals surface area contributed by atoms with Crippen molar-refractivity contribution in [3.8, 4) is 0 Å². The van der Waals surface area contributed by atoms with Gasteiger partial charge in [-0.3, -0.25) is 0 Å². The molecule has 2 heteroatoms. The number of nitrogens with zero attached hydrogens (tertiary/aromatic N) is 1. The molecule has 0 aromatic heterocycles. The lowest BCUT2D eigenvalue weighted by Gasteiger charge is -2.41. The van der Waals surface area contributed by atoms with Crippen molar-refractivity contribution in [1.82, 2.24) is 4.90 Å². The Balaban J connectivity index is 1.92. The maximum atomic E-state index is 5.91. The highest BCUT2D eigenvalue weighted by molar-refractivity contribution is 4.99. The maximum absolute atomic E-state index is 5.91. The van der Waals surface area contributed by atoms with Crippen molar-refractivity contribution in [3.63, 3.8) is 0 Å². The summed E-state index contributed by atoms with van der Waals surface area (Å²) in [6, 6.07) is 0.771. The molecular weight excluding hydrogens is 186 g/mol. The lowest BCUT2D eigenvalue weighted by molar-refractivity contribution is -0.0211. The van der Waals surface area contributed by atoms with Gasteiger partial charge in [0.25, 0.3) is 0 Å². The van der Waals surface area contributed by atoms with Crippen LogP contribution in [0, 0.1) is 5.41 Å². The molecule has 1 saturated heterocycles. The van der Waals surface area contributed by atoms with E-state index in [0.717, 1.165) is 19.1 Å². The highest BCUT2D eigenvalue weighted by atomic mass is 16.5. The van der Waals surface area contributed by atoms with E-state index in [1.807, 2.05) is 0 Å². The monoisotopic (exact) mass is 211 g/mol. The van der Waals surface area contributed by atoms with Crippen LogP contribution < -0.4 is 0 Å². The van der Waals surface area contributed by atoms with Gasteiger partial charge in [-0.2, -0.15) is 0 Å². The molecule has 0 aromatic rings. The Bertz CT molecular complexity index is 219. The summed E-state index contributed by atoms with van der Waals surface area (Å²) in [5.41, 5.74) is 0.584. The molecule has 1 heterocycles. The third-order valence-electron chi connectivity index (χ3n) is 4.45. The van der Waals surface area contributed by atoms with Crippen LogP contribution >= 0.6 is 0 Å². The van der Waals surface area contributed by atoms with E-state index in [9.17, 15) is 0 Å². The zero-order chi connectivity index (χ0) is 10.9. The van der Waals surface area contributed by atoms with Crippen molar-refractivity contribution in [2.75, 3.05) is 20.2 Å². The number of fused-ring (bicyclic) bond motifs is 1. The molecule has 1 aliphatic carbocycles. The molecule has 2 nitrogen and oxygen atoms in total. The first kappa shape index (κ1) is 11.4. The van der Waals surface area contributed by atoms with E-state index in [1.54, 1.807) is 0 Å². The Hall–Kier alpha value is -0.0800. The first-order chi connectivity index (χ1) is 7.15. The summed E-state index contributed by atoms with van der Waals surface area (Å²) >= 11 is 0. The van der Waals surface area contributed by atoms with Crippen LogP contribution in [0.5, 0.6) is 0 Å². The quantitative estimate of drug-likeness (QED) is 0.711. The van der Waals surface area contributed by atoms with Crippen LogP contribution in [0.1, 0.15) is 46.0 Å². The minimum Gasteiger partial charge on any atom is -0.378 e. The standard InChI is InChI=1S/C13H25NO/c1-4-9-15-11-5-6-13(2)7-8-14(3)12(13)10-11/h11-12H,4-10H2,1-3H3/t11?,12?,13-/m0/s1. The van der Waals surface area contributed by atoms with Crippen LogP contribution in [0.15, 0.2) is 0 Å². The van der Waals surface area contributed by atoms with Gasteiger partial charge in [0, 0.05) is 12.6 Å². The number of hydrogen-bond acceptors (Lipinski definition) is 2. The van der Waals surface area contributed by atoms with Crippen molar-refractivity contribution < 1.29 is 4.74 Å². The number of rotatable bonds is 3. The Morgan fingerprint density at radius 1 is 1.40 bits per heavy atom. The predicted molar refractivity (Wildman–Crippen MR) is 63.0 cm³/mol. The van der Waals surface area contributed by atoms with Crippen molar-refractivity contribution in [2.45, 2.75) is 58.1 Å². The van der Waals surface area contributed by atoms with E-state index < -0.39 is 0 Å². The van der Waals surface area contributed by atoms with Crippen LogP contribution in [-0.2, 0) is 4.74 Å². The average molecular weight is 211 g/mol. The Kier molecular flexibility index (Phi) is 3.36. The van der Waals surface area contributed by atoms with Crippen LogP contribution in [0.3, 0.4) is 0 Å². The van der Waals surface area contributed by atoms with E-state index in [1.165, 1.54) is 32.2 Å². The zero-order valence-corrected chi connectivity index (χ0v) is 10.5. The lowest BCUT2D eigenvalue weighted by Crippen LogP contribution is -2.43. The predicted octanol–water partition coefficient (Wildman–Crippen LogP) is 2.68. The second-order valence-corrected chi connectivity index (χ2v) is 5.67. The van der Waals surface area contributed by atoms with E-state index in [4.69, 9.17) is 4.74 Å². The first-order valence-electron chi connectivity index (χ1n) is 6.47. The molecule has 2 aliphatic rings. The molecule has 0 aromatic carbocycles. The van der Waals surface area contributed by atoms with E-state index in [-0.39, 0.29) is 0 Å². The van der Waals surface area contributed by atoms with Crippen LogP contribution in [0.25, 0.3) is 0 Å². The molecule has 0 bridgehead atoms. The average Bonchev–Trinajstić information content (AvgIpc) is 2.53. The molecule has 0 radical (unpaired) electrons. The summed E-state index contributed by atoms with van der Waals surface area (Å²) in [5, 5.41) is 0. The number of likely N-dealkylation sites (tertiary alicyclic amines) is 1. The van der Waals surface area contributed by atoms with Gasteiger partial charge in [-0.25, -0.2) is 0 Å². The van der Waals surface area contributed by atoms with Gasteiger partial charge in [-0.05, 0) is 51.1 Å². The molecule has 1 aliphatic heterocycles. The second kappa shape index (κ2) is 4.42. The smallest absolute Gasteiger partial charge is 0.0590 e. The van der Waals surface area contributed by atoms with E-state index in [2.05, 4.69) is 25.8 Å². The highest BCUT2D eigenvalue weighted by Crippen LogP contribution is 2.46. The third kappa shape index (κ3) is 2.21. The van der Waals surface area contributed by atoms with E-state index in [0.29, 0.717) is 11.5 Å². The molecule has 88 valence electrons. The van der Waals surface area contributed by atoms with Gasteiger partial charge in [0.15, 0.2) is 0 Å². The third-order valence-corrected chi connectivity index (χ3v) is 4.45. The van der Waals surface area contributed by atoms with Crippen LogP contribution in [0.4, 0.5) is 0 Å². The fourth-order valence-electron chi connectivity index (χ4n) is 3.34. The Labute approximate surface area is 94.0 Å². The van der Waals surface area contributed by atoms with Gasteiger partial charge < -0.3 is 9.64 Å². The summed E-state index contributed by atoms with van der Waals surface area (Å²) in [6.07, 6.45) is 6.95. The SMILES string of the molecule is CCCOC1CC[C@@]2(C)CCN(C)C2C1. The van der Waals surface area contributed by atoms with Crippen molar-refractivity contribution in [1.29, 1.82) is 0 Å². The summed E-state index contributed by atoms with van der Waals surface area (Å²) in [4.78, 5) is 2.54. The van der Waals surface area contributed by atoms with Crippen molar-refractivity contribution in [3.05, 3.63) is 0 Å². The summed E-state index contributed by atoms with van der Waals surface area (Å²) < 4.78 is 5.91. The lowest BCUT2D eigenvalue weighted by atomic mass is 9.71. The normalized spacial score (nSPS) is 41.8. The maximum Gasteiger partial charge on any atom is 0.0590 e. The van der Waals surface area contributed by atoms with Crippen molar-refractivity contribution >= 4 is 0 Å². The van der Waals surface area contributed by atoms with Gasteiger partial charge in [-0.15, -0.1) is 0 Å². The molecule has 2 unspecified atom stereocenters. The summed E-state index contributed by atoms with van der Waals surface area (Å²) in [5.74, 6) is 0. The fraction of sp³-hybridized carbons (Fsp3) is 1.00. The molecule has 15 heavy (non-hydrogen) atoms. The minimum atomic E-state index is 0.531. The molecule has 2 fully saturated rings. The molecule has 0 spiro atoms. The first-order valence-corrected chi connectivity index (χ1v) is 6.47. The number of ether oxygens (including phenoxy) is 1. The van der Waals surface area contributed by atoms with Crippen LogP contribution in [-0.4, -0.2) is 37.2 Å². The zero-order valence-electron chi connectivity index (χ0n) is 10.5. The molecule has 0 amide bonds. The van der Waals surface area contributed by atoms with E-state index >= 15 is 0 Å².